The van der Waals surface area contributed by atoms with E-state index < -0.39 is 0 Å². The minimum atomic E-state index is -0.307. The van der Waals surface area contributed by atoms with Gasteiger partial charge in [0.05, 0.1) is 25.4 Å². The van der Waals surface area contributed by atoms with Gasteiger partial charge in [-0.05, 0) is 37.6 Å². The Labute approximate surface area is 135 Å². The Morgan fingerprint density at radius 2 is 2.30 bits per heavy atom. The van der Waals surface area contributed by atoms with Crippen LogP contribution in [-0.4, -0.2) is 41.0 Å². The van der Waals surface area contributed by atoms with Crippen LogP contribution in [0.5, 0.6) is 5.75 Å². The first-order chi connectivity index (χ1) is 11.2. The lowest BCUT2D eigenvalue weighted by molar-refractivity contribution is -0.119. The number of aromatic nitrogens is 2. The summed E-state index contributed by atoms with van der Waals surface area (Å²) in [6.07, 6.45) is 3.77. The van der Waals surface area contributed by atoms with Gasteiger partial charge in [0.1, 0.15) is 5.75 Å². The Balaban J connectivity index is 1.88. The Bertz CT molecular complexity index is 704. The molecule has 0 radical (unpaired) electrons. The first kappa shape index (κ1) is 15.4. The van der Waals surface area contributed by atoms with Crippen molar-refractivity contribution in [1.82, 2.24) is 14.9 Å². The molecule has 120 valence electrons. The van der Waals surface area contributed by atoms with Crippen molar-refractivity contribution in [3.05, 3.63) is 42.2 Å². The zero-order valence-electron chi connectivity index (χ0n) is 13.1. The molecule has 0 saturated carbocycles. The lowest BCUT2D eigenvalue weighted by Gasteiger charge is -2.22. The van der Waals surface area contributed by atoms with E-state index in [1.807, 2.05) is 30.3 Å². The van der Waals surface area contributed by atoms with E-state index in [9.17, 15) is 4.79 Å². The number of benzene rings is 1. The molecule has 2 aromatic rings. The fraction of sp³-hybridized carbons (Fsp3) is 0.353. The molecule has 1 atom stereocenters. The monoisotopic (exact) mass is 312 g/mol. The maximum Gasteiger partial charge on any atom is 0.231 e. The second-order valence-corrected chi connectivity index (χ2v) is 5.63. The van der Waals surface area contributed by atoms with Crippen molar-refractivity contribution in [3.63, 3.8) is 0 Å². The number of primary amides is 1. The van der Waals surface area contributed by atoms with E-state index in [4.69, 9.17) is 15.5 Å². The third-order valence-electron chi connectivity index (χ3n) is 4.07. The van der Waals surface area contributed by atoms with E-state index >= 15 is 0 Å². The van der Waals surface area contributed by atoms with Crippen molar-refractivity contribution in [2.75, 3.05) is 20.2 Å². The zero-order chi connectivity index (χ0) is 16.2. The van der Waals surface area contributed by atoms with Crippen LogP contribution < -0.4 is 10.5 Å². The van der Waals surface area contributed by atoms with Gasteiger partial charge in [-0.3, -0.25) is 9.69 Å². The summed E-state index contributed by atoms with van der Waals surface area (Å²) in [6, 6.07) is 9.70. The van der Waals surface area contributed by atoms with Crippen molar-refractivity contribution in [1.29, 1.82) is 0 Å². The normalized spacial score (nSPS) is 18.0. The van der Waals surface area contributed by atoms with Gasteiger partial charge in [-0.2, -0.15) is 0 Å². The highest BCUT2D eigenvalue weighted by Crippen LogP contribution is 2.31. The quantitative estimate of drug-likeness (QED) is 0.910. The fourth-order valence-electron chi connectivity index (χ4n) is 3.01. The number of hydrogen-bond acceptors (Lipinski definition) is 5. The van der Waals surface area contributed by atoms with Gasteiger partial charge >= 0.3 is 0 Å². The van der Waals surface area contributed by atoms with Crippen LogP contribution in [0, 0.1) is 0 Å². The molecule has 1 amide bonds. The van der Waals surface area contributed by atoms with E-state index in [0.717, 1.165) is 36.4 Å². The molecule has 0 spiro atoms. The number of amides is 1. The lowest BCUT2D eigenvalue weighted by Crippen LogP contribution is -2.33. The van der Waals surface area contributed by atoms with Crippen molar-refractivity contribution < 1.29 is 9.53 Å². The van der Waals surface area contributed by atoms with E-state index in [-0.39, 0.29) is 18.5 Å². The third-order valence-corrected chi connectivity index (χ3v) is 4.07. The number of rotatable bonds is 5. The first-order valence-electron chi connectivity index (χ1n) is 7.67. The molecule has 6 heteroatoms. The molecule has 1 aromatic carbocycles. The van der Waals surface area contributed by atoms with Gasteiger partial charge < -0.3 is 10.5 Å². The second-order valence-electron chi connectivity index (χ2n) is 5.63. The molecular weight excluding hydrogens is 292 g/mol. The van der Waals surface area contributed by atoms with E-state index in [0.29, 0.717) is 5.82 Å². The molecule has 3 rings (SSSR count). The Kier molecular flexibility index (Phi) is 4.52. The summed E-state index contributed by atoms with van der Waals surface area (Å²) >= 11 is 0. The predicted molar refractivity (Wildman–Crippen MR) is 86.8 cm³/mol. The van der Waals surface area contributed by atoms with Gasteiger partial charge in [0.15, 0.2) is 5.82 Å². The van der Waals surface area contributed by atoms with Crippen molar-refractivity contribution in [2.24, 2.45) is 5.73 Å². The molecule has 1 aromatic heterocycles. The Morgan fingerprint density at radius 1 is 1.43 bits per heavy atom. The van der Waals surface area contributed by atoms with Gasteiger partial charge in [-0.25, -0.2) is 9.97 Å². The number of hydrogen-bond donors (Lipinski definition) is 1. The molecule has 2 heterocycles. The van der Waals surface area contributed by atoms with Gasteiger partial charge in [0.2, 0.25) is 5.91 Å². The average molecular weight is 312 g/mol. The summed E-state index contributed by atoms with van der Waals surface area (Å²) in [6.45, 7) is 1.13. The number of likely N-dealkylation sites (tertiary alicyclic amines) is 1. The van der Waals surface area contributed by atoms with Crippen molar-refractivity contribution in [2.45, 2.75) is 18.9 Å². The molecule has 1 aliphatic heterocycles. The summed E-state index contributed by atoms with van der Waals surface area (Å²) in [5, 5.41) is 0. The third kappa shape index (κ3) is 3.48. The largest absolute Gasteiger partial charge is 0.497 e. The molecule has 1 saturated heterocycles. The maximum absolute atomic E-state index is 11.2. The van der Waals surface area contributed by atoms with Crippen LogP contribution in [0.15, 0.2) is 36.5 Å². The first-order valence-corrected chi connectivity index (χ1v) is 7.67. The summed E-state index contributed by atoms with van der Waals surface area (Å²) in [5.74, 6) is 1.12. The number of carbonyl (C=O) groups is 1. The highest BCUT2D eigenvalue weighted by Gasteiger charge is 2.28. The smallest absolute Gasteiger partial charge is 0.231 e. The van der Waals surface area contributed by atoms with Gasteiger partial charge in [0.25, 0.3) is 0 Å². The summed E-state index contributed by atoms with van der Waals surface area (Å²) in [5.41, 5.74) is 7.17. The Morgan fingerprint density at radius 3 is 3.09 bits per heavy atom. The molecule has 0 bridgehead atoms. The average Bonchev–Trinajstić information content (AvgIpc) is 3.02. The fourth-order valence-corrected chi connectivity index (χ4v) is 3.01. The second kappa shape index (κ2) is 6.75. The molecule has 6 nitrogen and oxygen atoms in total. The number of ether oxygens (including phenoxy) is 1. The number of nitrogens with two attached hydrogens (primary N) is 1. The zero-order valence-corrected chi connectivity index (χ0v) is 13.1. The van der Waals surface area contributed by atoms with Crippen LogP contribution in [0.3, 0.4) is 0 Å². The van der Waals surface area contributed by atoms with Crippen LogP contribution in [0.4, 0.5) is 0 Å². The van der Waals surface area contributed by atoms with E-state index in [2.05, 4.69) is 9.88 Å². The van der Waals surface area contributed by atoms with Gasteiger partial charge in [0, 0.05) is 11.8 Å². The van der Waals surface area contributed by atoms with Gasteiger partial charge in [-0.1, -0.05) is 12.1 Å². The topological polar surface area (TPSA) is 81.3 Å². The highest BCUT2D eigenvalue weighted by atomic mass is 16.5. The molecule has 1 aliphatic rings. The summed E-state index contributed by atoms with van der Waals surface area (Å²) in [7, 11) is 1.64. The molecule has 1 fully saturated rings. The lowest BCUT2D eigenvalue weighted by atomic mass is 10.1. The van der Waals surface area contributed by atoms with Crippen LogP contribution in [-0.2, 0) is 4.79 Å². The van der Waals surface area contributed by atoms with E-state index in [1.54, 1.807) is 13.3 Å². The molecule has 2 N–H and O–H groups in total. The van der Waals surface area contributed by atoms with Crippen molar-refractivity contribution in [3.8, 4) is 17.1 Å². The summed E-state index contributed by atoms with van der Waals surface area (Å²) in [4.78, 5) is 22.4. The molecule has 23 heavy (non-hydrogen) atoms. The molecule has 0 aliphatic carbocycles. The van der Waals surface area contributed by atoms with Crippen LogP contribution in [0.25, 0.3) is 11.4 Å². The maximum atomic E-state index is 11.2. The number of methoxy groups -OCH3 is 1. The minimum Gasteiger partial charge on any atom is -0.497 e. The number of carbonyl (C=O) groups excluding carboxylic acids is 1. The Hall–Kier alpha value is -2.47. The van der Waals surface area contributed by atoms with Crippen LogP contribution in [0.2, 0.25) is 0 Å². The minimum absolute atomic E-state index is 0.120. The standard InChI is InChI=1S/C17H20N4O2/c1-23-13-5-2-4-12(10-13)17-19-8-7-14(20-17)15-6-3-9-21(15)11-16(18)22/h2,4-5,7-8,10,15H,3,6,9,11H2,1H3,(H2,18,22)/t15-/m1/s1. The molecular formula is C17H20N4O2. The SMILES string of the molecule is COc1cccc(-c2nccc([C@H]3CCCN3CC(N)=O)n2)c1. The van der Waals surface area contributed by atoms with E-state index in [1.165, 1.54) is 0 Å². The highest BCUT2D eigenvalue weighted by molar-refractivity contribution is 5.76. The molecule has 0 unspecified atom stereocenters. The van der Waals surface area contributed by atoms with Crippen molar-refractivity contribution >= 4 is 5.91 Å². The van der Waals surface area contributed by atoms with Crippen LogP contribution in [0.1, 0.15) is 24.6 Å². The summed E-state index contributed by atoms with van der Waals surface area (Å²) < 4.78 is 5.25. The van der Waals surface area contributed by atoms with Gasteiger partial charge in [-0.15, -0.1) is 0 Å². The van der Waals surface area contributed by atoms with Crippen LogP contribution >= 0.6 is 0 Å². The predicted octanol–water partition coefficient (Wildman–Crippen LogP) is 1.77. The number of nitrogens with zero attached hydrogens (tertiary/aromatic N) is 3.